The normalized spacial score (nSPS) is 16.8. The number of benzene rings is 1. The van der Waals surface area contributed by atoms with Gasteiger partial charge in [-0.25, -0.2) is 0 Å². The Hall–Kier alpha value is -1.84. The van der Waals surface area contributed by atoms with E-state index in [1.165, 1.54) is 0 Å². The third-order valence-corrected chi connectivity index (χ3v) is 3.56. The van der Waals surface area contributed by atoms with Crippen molar-refractivity contribution in [3.8, 4) is 0 Å². The first kappa shape index (κ1) is 14.6. The number of halogens is 2. The van der Waals surface area contributed by atoms with Crippen molar-refractivity contribution in [1.82, 2.24) is 0 Å². The van der Waals surface area contributed by atoms with Crippen molar-refractivity contribution < 1.29 is 4.79 Å². The Morgan fingerprint density at radius 3 is 2.75 bits per heavy atom. The van der Waals surface area contributed by atoms with Crippen molar-refractivity contribution in [2.45, 2.75) is 0 Å². The van der Waals surface area contributed by atoms with Gasteiger partial charge in [-0.2, -0.15) is 0 Å². The van der Waals surface area contributed by atoms with Crippen molar-refractivity contribution in [2.75, 3.05) is 11.4 Å². The molecule has 0 saturated carbocycles. The number of aldehydes is 1. The minimum absolute atomic E-state index is 0.461. The molecular formula is C15H12Cl2N2O. The zero-order valence-corrected chi connectivity index (χ0v) is 12.1. The van der Waals surface area contributed by atoms with Crippen molar-refractivity contribution in [1.29, 1.82) is 0 Å². The summed E-state index contributed by atoms with van der Waals surface area (Å²) in [7, 11) is 0. The van der Waals surface area contributed by atoms with Crippen LogP contribution in [0.2, 0.25) is 10.0 Å². The molecule has 0 aromatic heterocycles. The quantitative estimate of drug-likeness (QED) is 0.621. The minimum Gasteiger partial charge on any atom is -0.334 e. The zero-order chi connectivity index (χ0) is 14.5. The molecule has 0 fully saturated rings. The van der Waals surface area contributed by atoms with Crippen LogP contribution in [0.3, 0.4) is 0 Å². The predicted octanol–water partition coefficient (Wildman–Crippen LogP) is 4.04. The Morgan fingerprint density at radius 2 is 2.10 bits per heavy atom. The summed E-state index contributed by atoms with van der Waals surface area (Å²) in [4.78, 5) is 16.7. The molecule has 0 bridgehead atoms. The van der Waals surface area contributed by atoms with Gasteiger partial charge in [-0.1, -0.05) is 29.3 Å². The van der Waals surface area contributed by atoms with Crippen LogP contribution < -0.4 is 4.90 Å². The van der Waals surface area contributed by atoms with Crippen molar-refractivity contribution in [2.24, 2.45) is 4.99 Å². The third kappa shape index (κ3) is 3.18. The fourth-order valence-corrected chi connectivity index (χ4v) is 2.20. The molecule has 3 nitrogen and oxygen atoms in total. The van der Waals surface area contributed by atoms with Gasteiger partial charge in [-0.15, -0.1) is 0 Å². The number of hydrogen-bond donors (Lipinski definition) is 0. The van der Waals surface area contributed by atoms with Gasteiger partial charge < -0.3 is 4.90 Å². The lowest BCUT2D eigenvalue weighted by molar-refractivity contribution is -0.104. The molecule has 102 valence electrons. The molecule has 0 unspecified atom stereocenters. The number of anilines is 1. The van der Waals surface area contributed by atoms with E-state index in [1.54, 1.807) is 24.4 Å². The monoisotopic (exact) mass is 306 g/mol. The second-order valence-corrected chi connectivity index (χ2v) is 4.95. The van der Waals surface area contributed by atoms with Gasteiger partial charge in [0.2, 0.25) is 0 Å². The fraction of sp³-hybridized carbons (Fsp3) is 0.0667. The Bertz CT molecular complexity index is 633. The van der Waals surface area contributed by atoms with E-state index in [0.29, 0.717) is 22.3 Å². The first-order valence-corrected chi connectivity index (χ1v) is 6.62. The number of carbonyl (C=O) groups excluding carboxylic acids is 1. The van der Waals surface area contributed by atoms with E-state index in [2.05, 4.69) is 11.7 Å². The SMILES string of the molecule is C=N/C=C\C=C1\C=C(C=O)N(c2ccc(Cl)c(Cl)c2)C1. The molecule has 1 aromatic carbocycles. The first-order valence-electron chi connectivity index (χ1n) is 5.86. The lowest BCUT2D eigenvalue weighted by Crippen LogP contribution is -2.19. The Balaban J connectivity index is 2.29. The lowest BCUT2D eigenvalue weighted by Gasteiger charge is -2.19. The van der Waals surface area contributed by atoms with E-state index in [9.17, 15) is 4.79 Å². The van der Waals surface area contributed by atoms with Gasteiger partial charge in [0.15, 0.2) is 6.29 Å². The molecule has 5 heteroatoms. The molecule has 0 N–H and O–H groups in total. The number of rotatable bonds is 4. The zero-order valence-electron chi connectivity index (χ0n) is 10.6. The van der Waals surface area contributed by atoms with Gasteiger partial charge in [0.05, 0.1) is 15.7 Å². The number of carbonyl (C=O) groups is 1. The van der Waals surface area contributed by atoms with Crippen LogP contribution in [0.4, 0.5) is 5.69 Å². The highest BCUT2D eigenvalue weighted by Crippen LogP contribution is 2.31. The van der Waals surface area contributed by atoms with E-state index in [4.69, 9.17) is 23.2 Å². The summed E-state index contributed by atoms with van der Waals surface area (Å²) in [6.45, 7) is 3.95. The number of aliphatic imine (C=N–C) groups is 1. The summed E-state index contributed by atoms with van der Waals surface area (Å²) < 4.78 is 0. The molecule has 0 spiro atoms. The van der Waals surface area contributed by atoms with Crippen LogP contribution in [-0.2, 0) is 4.79 Å². The second-order valence-electron chi connectivity index (χ2n) is 4.14. The summed E-state index contributed by atoms with van der Waals surface area (Å²) in [6, 6.07) is 5.28. The third-order valence-electron chi connectivity index (χ3n) is 2.82. The van der Waals surface area contributed by atoms with Gasteiger partial charge in [0.25, 0.3) is 0 Å². The van der Waals surface area contributed by atoms with E-state index < -0.39 is 0 Å². The molecule has 1 aromatic rings. The lowest BCUT2D eigenvalue weighted by atomic mass is 10.2. The van der Waals surface area contributed by atoms with E-state index >= 15 is 0 Å². The number of nitrogens with zero attached hydrogens (tertiary/aromatic N) is 2. The highest BCUT2D eigenvalue weighted by Gasteiger charge is 2.20. The molecule has 2 rings (SSSR count). The van der Waals surface area contributed by atoms with Crippen molar-refractivity contribution in [3.05, 3.63) is 63.9 Å². The van der Waals surface area contributed by atoms with Gasteiger partial charge in [-0.3, -0.25) is 9.79 Å². The molecule has 1 heterocycles. The molecule has 0 radical (unpaired) electrons. The highest BCUT2D eigenvalue weighted by molar-refractivity contribution is 6.42. The molecule has 20 heavy (non-hydrogen) atoms. The van der Waals surface area contributed by atoms with Crippen molar-refractivity contribution in [3.63, 3.8) is 0 Å². The van der Waals surface area contributed by atoms with Crippen LogP contribution in [0.5, 0.6) is 0 Å². The Labute approximate surface area is 127 Å². The minimum atomic E-state index is 0.461. The van der Waals surface area contributed by atoms with Crippen LogP contribution in [0, 0.1) is 0 Å². The Morgan fingerprint density at radius 1 is 1.30 bits per heavy atom. The summed E-state index contributed by atoms with van der Waals surface area (Å²) >= 11 is 11.9. The number of allylic oxidation sites excluding steroid dienone is 3. The Kier molecular flexibility index (Phi) is 4.77. The van der Waals surface area contributed by atoms with Crippen molar-refractivity contribution >= 4 is 41.9 Å². The smallest absolute Gasteiger partial charge is 0.166 e. The van der Waals surface area contributed by atoms with Crippen LogP contribution >= 0.6 is 23.2 Å². The van der Waals surface area contributed by atoms with Gasteiger partial charge in [0.1, 0.15) is 0 Å². The molecule has 0 saturated heterocycles. The van der Waals surface area contributed by atoms with Crippen LogP contribution in [0.25, 0.3) is 0 Å². The number of hydrogen-bond acceptors (Lipinski definition) is 3. The molecule has 0 atom stereocenters. The second kappa shape index (κ2) is 6.55. The molecule has 0 aliphatic carbocycles. The maximum Gasteiger partial charge on any atom is 0.166 e. The van der Waals surface area contributed by atoms with Gasteiger partial charge >= 0.3 is 0 Å². The van der Waals surface area contributed by atoms with E-state index in [1.807, 2.05) is 23.1 Å². The predicted molar refractivity (Wildman–Crippen MR) is 84.7 cm³/mol. The summed E-state index contributed by atoms with van der Waals surface area (Å²) in [5.74, 6) is 0. The fourth-order valence-electron chi connectivity index (χ4n) is 1.91. The maximum absolute atomic E-state index is 11.2. The molecule has 1 aliphatic rings. The largest absolute Gasteiger partial charge is 0.334 e. The topological polar surface area (TPSA) is 32.7 Å². The molecular weight excluding hydrogens is 295 g/mol. The standard InChI is InChI=1S/C15H12Cl2N2O/c1-18-6-2-3-11-7-13(10-20)19(9-11)12-4-5-14(16)15(17)8-12/h2-8,10H,1,9H2/b6-2-,11-3-. The molecule has 0 amide bonds. The highest BCUT2D eigenvalue weighted by atomic mass is 35.5. The van der Waals surface area contributed by atoms with Crippen LogP contribution in [0.15, 0.2) is 58.9 Å². The van der Waals surface area contributed by atoms with E-state index in [-0.39, 0.29) is 0 Å². The van der Waals surface area contributed by atoms with Crippen LogP contribution in [0.1, 0.15) is 0 Å². The van der Waals surface area contributed by atoms with E-state index in [0.717, 1.165) is 17.5 Å². The maximum atomic E-state index is 11.2. The summed E-state index contributed by atoms with van der Waals surface area (Å²) in [5, 5.41) is 0.949. The average Bonchev–Trinajstić information content (AvgIpc) is 2.85. The van der Waals surface area contributed by atoms with Gasteiger partial charge in [0, 0.05) is 18.4 Å². The summed E-state index contributed by atoms with van der Waals surface area (Å²) in [5.41, 5.74) is 2.40. The van der Waals surface area contributed by atoms with Gasteiger partial charge in [-0.05, 0) is 42.6 Å². The molecule has 1 aliphatic heterocycles. The summed E-state index contributed by atoms with van der Waals surface area (Å²) in [6.07, 6.45) is 7.89. The average molecular weight is 307 g/mol. The van der Waals surface area contributed by atoms with Crippen LogP contribution in [-0.4, -0.2) is 19.5 Å². The first-order chi connectivity index (χ1) is 9.65.